The highest BCUT2D eigenvalue weighted by atomic mass is 35.5. The molecule has 1 heterocycles. The Kier molecular flexibility index (Phi) is 9.49. The Morgan fingerprint density at radius 3 is 2.50 bits per heavy atom. The van der Waals surface area contributed by atoms with Crippen LogP contribution in [0.15, 0.2) is 18.2 Å². The Bertz CT molecular complexity index is 462. The molecule has 3 N–H and O–H groups in total. The van der Waals surface area contributed by atoms with Crippen molar-refractivity contribution in [2.24, 2.45) is 0 Å². The van der Waals surface area contributed by atoms with Crippen molar-refractivity contribution in [2.45, 2.75) is 45.7 Å². The number of benzene rings is 1. The standard InChI is InChI=1S/C16H25N3O.2ClH/c1-11-5-4-6-12(2)16(11)18-10-15(20)19-14-7-8-17-13(3)9-14;;/h4-6,13-14,17-18H,7-10H2,1-3H3,(H,19,20);2*1H. The second-order valence-corrected chi connectivity index (χ2v) is 5.76. The lowest BCUT2D eigenvalue weighted by molar-refractivity contribution is -0.120. The number of nitrogens with one attached hydrogen (secondary N) is 3. The molecular formula is C16H27Cl2N3O. The largest absolute Gasteiger partial charge is 0.376 e. The lowest BCUT2D eigenvalue weighted by Crippen LogP contribution is -2.47. The molecule has 1 amide bonds. The van der Waals surface area contributed by atoms with E-state index in [4.69, 9.17) is 0 Å². The number of carbonyl (C=O) groups is 1. The predicted octanol–water partition coefficient (Wildman–Crippen LogP) is 2.82. The topological polar surface area (TPSA) is 53.2 Å². The van der Waals surface area contributed by atoms with Gasteiger partial charge in [0.05, 0.1) is 6.54 Å². The van der Waals surface area contributed by atoms with Gasteiger partial charge in [0.25, 0.3) is 0 Å². The molecule has 4 nitrogen and oxygen atoms in total. The van der Waals surface area contributed by atoms with E-state index in [1.54, 1.807) is 0 Å². The number of amides is 1. The summed E-state index contributed by atoms with van der Waals surface area (Å²) in [5.41, 5.74) is 3.42. The minimum Gasteiger partial charge on any atom is -0.376 e. The van der Waals surface area contributed by atoms with Crippen LogP contribution in [0.3, 0.4) is 0 Å². The van der Waals surface area contributed by atoms with Crippen LogP contribution in [0, 0.1) is 13.8 Å². The molecule has 1 aliphatic rings. The fourth-order valence-corrected chi connectivity index (χ4v) is 2.80. The summed E-state index contributed by atoms with van der Waals surface area (Å²) in [4.78, 5) is 12.0. The molecule has 6 heteroatoms. The van der Waals surface area contributed by atoms with Gasteiger partial charge < -0.3 is 16.0 Å². The molecule has 0 saturated carbocycles. The Morgan fingerprint density at radius 2 is 1.91 bits per heavy atom. The molecule has 126 valence electrons. The molecule has 1 saturated heterocycles. The molecule has 2 atom stereocenters. The number of hydrogen-bond donors (Lipinski definition) is 3. The second kappa shape index (κ2) is 9.93. The van der Waals surface area contributed by atoms with Crippen LogP contribution in [-0.4, -0.2) is 31.1 Å². The number of hydrogen-bond acceptors (Lipinski definition) is 3. The Balaban J connectivity index is 0.00000220. The molecule has 0 aliphatic carbocycles. The van der Waals surface area contributed by atoms with Crippen molar-refractivity contribution in [1.82, 2.24) is 10.6 Å². The summed E-state index contributed by atoms with van der Waals surface area (Å²) in [5, 5.41) is 9.76. The van der Waals surface area contributed by atoms with E-state index in [0.717, 1.165) is 25.1 Å². The molecule has 1 aromatic carbocycles. The third-order valence-corrected chi connectivity index (χ3v) is 3.90. The lowest BCUT2D eigenvalue weighted by atomic mass is 10.0. The van der Waals surface area contributed by atoms with Gasteiger partial charge in [-0.3, -0.25) is 4.79 Å². The number of anilines is 1. The maximum Gasteiger partial charge on any atom is 0.239 e. The first-order chi connectivity index (χ1) is 9.56. The van der Waals surface area contributed by atoms with Gasteiger partial charge in [0, 0.05) is 17.8 Å². The summed E-state index contributed by atoms with van der Waals surface area (Å²) in [6.07, 6.45) is 2.02. The smallest absolute Gasteiger partial charge is 0.239 e. The van der Waals surface area contributed by atoms with Gasteiger partial charge in [-0.15, -0.1) is 24.8 Å². The number of para-hydroxylation sites is 1. The first-order valence-corrected chi connectivity index (χ1v) is 7.39. The van der Waals surface area contributed by atoms with E-state index in [1.807, 2.05) is 6.07 Å². The Labute approximate surface area is 145 Å². The first-order valence-electron chi connectivity index (χ1n) is 7.39. The highest BCUT2D eigenvalue weighted by Crippen LogP contribution is 2.18. The van der Waals surface area contributed by atoms with Gasteiger partial charge in [-0.2, -0.15) is 0 Å². The molecule has 1 fully saturated rings. The summed E-state index contributed by atoms with van der Waals surface area (Å²) in [5.74, 6) is 0.0757. The monoisotopic (exact) mass is 347 g/mol. The Morgan fingerprint density at radius 1 is 1.27 bits per heavy atom. The van der Waals surface area contributed by atoms with E-state index in [9.17, 15) is 4.79 Å². The van der Waals surface area contributed by atoms with Crippen molar-refractivity contribution in [3.05, 3.63) is 29.3 Å². The fourth-order valence-electron chi connectivity index (χ4n) is 2.80. The van der Waals surface area contributed by atoms with Crippen LogP contribution >= 0.6 is 24.8 Å². The molecule has 2 rings (SSSR count). The number of halogens is 2. The van der Waals surface area contributed by atoms with Crippen molar-refractivity contribution in [1.29, 1.82) is 0 Å². The van der Waals surface area contributed by atoms with Gasteiger partial charge in [0.2, 0.25) is 5.91 Å². The fraction of sp³-hybridized carbons (Fsp3) is 0.562. The van der Waals surface area contributed by atoms with Crippen molar-refractivity contribution >= 4 is 36.4 Å². The van der Waals surface area contributed by atoms with Crippen molar-refractivity contribution < 1.29 is 4.79 Å². The summed E-state index contributed by atoms with van der Waals surface area (Å²) in [7, 11) is 0. The summed E-state index contributed by atoms with van der Waals surface area (Å²) in [6.45, 7) is 7.59. The Hall–Kier alpha value is -0.970. The van der Waals surface area contributed by atoms with Crippen molar-refractivity contribution in [3.8, 4) is 0 Å². The molecule has 1 aromatic rings. The average Bonchev–Trinajstić information content (AvgIpc) is 2.38. The SMILES string of the molecule is Cc1cccc(C)c1NCC(=O)NC1CCNC(C)C1.Cl.Cl. The maximum atomic E-state index is 12.0. The normalized spacial score (nSPS) is 20.3. The van der Waals surface area contributed by atoms with Crippen molar-refractivity contribution in [3.63, 3.8) is 0 Å². The summed E-state index contributed by atoms with van der Waals surface area (Å²) in [6, 6.07) is 6.94. The minimum absolute atomic E-state index is 0. The van der Waals surface area contributed by atoms with Crippen LogP contribution in [-0.2, 0) is 4.79 Å². The predicted molar refractivity (Wildman–Crippen MR) is 97.5 cm³/mol. The highest BCUT2D eigenvalue weighted by Gasteiger charge is 2.19. The van der Waals surface area contributed by atoms with Crippen LogP contribution in [0.2, 0.25) is 0 Å². The summed E-state index contributed by atoms with van der Waals surface area (Å²) < 4.78 is 0. The second-order valence-electron chi connectivity index (χ2n) is 5.76. The molecule has 1 aliphatic heterocycles. The summed E-state index contributed by atoms with van der Waals surface area (Å²) >= 11 is 0. The number of rotatable bonds is 4. The van der Waals surface area contributed by atoms with Gasteiger partial charge in [-0.05, 0) is 51.3 Å². The van der Waals surface area contributed by atoms with Crippen LogP contribution in [0.5, 0.6) is 0 Å². The van der Waals surface area contributed by atoms with Crippen LogP contribution in [0.1, 0.15) is 30.9 Å². The van der Waals surface area contributed by atoms with E-state index < -0.39 is 0 Å². The zero-order valence-corrected chi connectivity index (χ0v) is 15.1. The highest BCUT2D eigenvalue weighted by molar-refractivity contribution is 5.85. The molecule has 22 heavy (non-hydrogen) atoms. The number of piperidine rings is 1. The molecule has 0 bridgehead atoms. The first kappa shape index (κ1) is 21.0. The molecular weight excluding hydrogens is 321 g/mol. The maximum absolute atomic E-state index is 12.0. The quantitative estimate of drug-likeness (QED) is 0.784. The van der Waals surface area contributed by atoms with Crippen LogP contribution < -0.4 is 16.0 Å². The minimum atomic E-state index is 0. The van der Waals surface area contributed by atoms with E-state index in [0.29, 0.717) is 18.6 Å². The van der Waals surface area contributed by atoms with E-state index in [-0.39, 0.29) is 30.7 Å². The number of carbonyl (C=O) groups excluding carboxylic acids is 1. The van der Waals surface area contributed by atoms with E-state index in [2.05, 4.69) is 48.9 Å². The molecule has 0 aromatic heterocycles. The van der Waals surface area contributed by atoms with Gasteiger partial charge in [0.1, 0.15) is 0 Å². The zero-order chi connectivity index (χ0) is 14.5. The molecule has 0 radical (unpaired) electrons. The van der Waals surface area contributed by atoms with Crippen molar-refractivity contribution in [2.75, 3.05) is 18.4 Å². The molecule has 0 spiro atoms. The molecule has 2 unspecified atom stereocenters. The van der Waals surface area contributed by atoms with Crippen LogP contribution in [0.25, 0.3) is 0 Å². The third kappa shape index (κ3) is 6.03. The van der Waals surface area contributed by atoms with Gasteiger partial charge >= 0.3 is 0 Å². The zero-order valence-electron chi connectivity index (χ0n) is 13.4. The van der Waals surface area contributed by atoms with Gasteiger partial charge in [0.15, 0.2) is 0 Å². The lowest BCUT2D eigenvalue weighted by Gasteiger charge is -2.28. The van der Waals surface area contributed by atoms with Crippen LogP contribution in [0.4, 0.5) is 5.69 Å². The van der Waals surface area contributed by atoms with E-state index in [1.165, 1.54) is 11.1 Å². The third-order valence-electron chi connectivity index (χ3n) is 3.90. The van der Waals surface area contributed by atoms with E-state index >= 15 is 0 Å². The average molecular weight is 348 g/mol. The van der Waals surface area contributed by atoms with Gasteiger partial charge in [-0.1, -0.05) is 18.2 Å². The number of aryl methyl sites for hydroxylation is 2. The van der Waals surface area contributed by atoms with Gasteiger partial charge in [-0.25, -0.2) is 0 Å².